The molecule has 0 radical (unpaired) electrons. The van der Waals surface area contributed by atoms with Gasteiger partial charge in [0.25, 0.3) is 0 Å². The third kappa shape index (κ3) is 24.5. The van der Waals surface area contributed by atoms with Crippen LogP contribution in [0.15, 0.2) is 0 Å². The first-order valence-electron chi connectivity index (χ1n) is 2.44. The second kappa shape index (κ2) is 9.14. The smallest absolute Gasteiger partial charge is 0.790 e. The van der Waals surface area contributed by atoms with Gasteiger partial charge in [-0.2, -0.15) is 0 Å². The molecular weight excluding hydrogens is 193 g/mol. The Bertz CT molecular complexity index is 162. The van der Waals surface area contributed by atoms with Crippen LogP contribution in [0.5, 0.6) is 0 Å². The molecule has 10 heteroatoms. The van der Waals surface area contributed by atoms with Crippen LogP contribution in [0.2, 0.25) is 0 Å². The van der Waals surface area contributed by atoms with Gasteiger partial charge in [0.1, 0.15) is 13.2 Å². The average Bonchev–Trinajstić information content (AvgIpc) is 2.12. The maximum Gasteiger partial charge on any atom is 1.00 e. The van der Waals surface area contributed by atoms with Crippen LogP contribution in [-0.4, -0.2) is 24.3 Å². The van der Waals surface area contributed by atoms with E-state index in [4.69, 9.17) is 19.2 Å². The summed E-state index contributed by atoms with van der Waals surface area (Å²) in [6.07, 6.45) is -0.546. The Hall–Kier alpha value is 0.575. The number of ether oxygens (including phenoxy) is 2. The first kappa shape index (κ1) is 19.2. The van der Waals surface area contributed by atoms with E-state index in [0.717, 1.165) is 0 Å². The zero-order valence-corrected chi connectivity index (χ0v) is 8.15. The molecule has 1 rings (SSSR count). The van der Waals surface area contributed by atoms with Gasteiger partial charge >= 0.3 is 43.9 Å². The number of phosphoric acid groups is 1. The Balaban J connectivity index is -0.000000136. The Morgan fingerprint density at radius 2 is 1.46 bits per heavy atom. The quantitative estimate of drug-likeness (QED) is 0.233. The molecular formula is C3H5Li2O7P. The number of hydrogen-bond donors (Lipinski definition) is 1. The van der Waals surface area contributed by atoms with E-state index in [9.17, 15) is 4.79 Å². The van der Waals surface area contributed by atoms with Crippen molar-refractivity contribution in [1.82, 2.24) is 0 Å². The predicted molar refractivity (Wildman–Crippen MR) is 27.1 cm³/mol. The fraction of sp³-hybridized carbons (Fsp3) is 0.667. The SMILES string of the molecule is O=C1OCCO1.O=P([O-])([O-])O.[Li+].[Li+]. The van der Waals surface area contributed by atoms with Crippen LogP contribution in [-0.2, 0) is 14.0 Å². The predicted octanol–water partition coefficient (Wildman–Crippen LogP) is -8.03. The monoisotopic (exact) mass is 198 g/mol. The van der Waals surface area contributed by atoms with Gasteiger partial charge in [-0.05, 0) is 0 Å². The zero-order chi connectivity index (χ0) is 8.91. The molecule has 0 amide bonds. The summed E-state index contributed by atoms with van der Waals surface area (Å²) in [7, 11) is -5.14. The zero-order valence-electron chi connectivity index (χ0n) is 7.26. The first-order chi connectivity index (χ1) is 4.89. The molecule has 0 aromatic carbocycles. The molecule has 13 heavy (non-hydrogen) atoms. The van der Waals surface area contributed by atoms with Crippen molar-refractivity contribution in [2.24, 2.45) is 0 Å². The summed E-state index contributed by atoms with van der Waals surface area (Å²) < 4.78 is 17.2. The van der Waals surface area contributed by atoms with Gasteiger partial charge in [0.05, 0.1) is 7.82 Å². The summed E-state index contributed by atoms with van der Waals surface area (Å²) in [5.74, 6) is 0. The van der Waals surface area contributed by atoms with Crippen molar-refractivity contribution in [3.8, 4) is 0 Å². The molecule has 1 aliphatic heterocycles. The molecule has 0 aliphatic carbocycles. The molecule has 0 unspecified atom stereocenters. The van der Waals surface area contributed by atoms with Gasteiger partial charge in [-0.3, -0.25) is 0 Å². The average molecular weight is 198 g/mol. The molecule has 0 aromatic heterocycles. The molecule has 1 aliphatic rings. The Labute approximate surface area is 98.4 Å². The largest absolute Gasteiger partial charge is 1.00 e. The summed E-state index contributed by atoms with van der Waals surface area (Å²) >= 11 is 0. The fourth-order valence-electron chi connectivity index (χ4n) is 0.292. The van der Waals surface area contributed by atoms with Gasteiger partial charge in [-0.1, -0.05) is 0 Å². The summed E-state index contributed by atoms with van der Waals surface area (Å²) in [6, 6.07) is 0. The first-order valence-corrected chi connectivity index (χ1v) is 3.93. The van der Waals surface area contributed by atoms with E-state index >= 15 is 0 Å². The number of carbonyl (C=O) groups excluding carboxylic acids is 1. The van der Waals surface area contributed by atoms with Crippen LogP contribution in [0, 0.1) is 0 Å². The van der Waals surface area contributed by atoms with E-state index < -0.39 is 14.0 Å². The van der Waals surface area contributed by atoms with Gasteiger partial charge in [0.2, 0.25) is 0 Å². The van der Waals surface area contributed by atoms with Crippen LogP contribution in [0.1, 0.15) is 0 Å². The molecule has 0 saturated carbocycles. The Morgan fingerprint density at radius 3 is 1.54 bits per heavy atom. The van der Waals surface area contributed by atoms with Crippen molar-refractivity contribution in [1.29, 1.82) is 0 Å². The third-order valence-electron chi connectivity index (χ3n) is 0.523. The van der Waals surface area contributed by atoms with Crippen molar-refractivity contribution < 1.29 is 71.2 Å². The van der Waals surface area contributed by atoms with Crippen molar-refractivity contribution in [2.75, 3.05) is 13.2 Å². The van der Waals surface area contributed by atoms with Gasteiger partial charge in [0.15, 0.2) is 0 Å². The summed E-state index contributed by atoms with van der Waals surface area (Å²) in [5.41, 5.74) is 0. The summed E-state index contributed by atoms with van der Waals surface area (Å²) in [6.45, 7) is 0.831. The molecule has 66 valence electrons. The molecule has 1 heterocycles. The molecule has 7 nitrogen and oxygen atoms in total. The van der Waals surface area contributed by atoms with E-state index in [1.54, 1.807) is 0 Å². The molecule has 0 atom stereocenters. The number of carbonyl (C=O) groups is 1. The third-order valence-corrected chi connectivity index (χ3v) is 0.523. The van der Waals surface area contributed by atoms with E-state index in [0.29, 0.717) is 13.2 Å². The molecule has 0 aromatic rings. The van der Waals surface area contributed by atoms with Crippen molar-refractivity contribution in [3.63, 3.8) is 0 Å². The van der Waals surface area contributed by atoms with Gasteiger partial charge in [-0.15, -0.1) is 0 Å². The van der Waals surface area contributed by atoms with Crippen molar-refractivity contribution >= 4 is 14.0 Å². The van der Waals surface area contributed by atoms with E-state index in [2.05, 4.69) is 9.47 Å². The minimum atomic E-state index is -5.14. The minimum Gasteiger partial charge on any atom is -0.790 e. The second-order valence-corrected chi connectivity index (χ2v) is 2.35. The molecule has 1 N–H and O–H groups in total. The molecule has 1 saturated heterocycles. The van der Waals surface area contributed by atoms with E-state index in [1.807, 2.05) is 0 Å². The number of rotatable bonds is 0. The molecule has 0 spiro atoms. The topological polar surface area (TPSA) is 119 Å². The maximum atomic E-state index is 9.80. The van der Waals surface area contributed by atoms with Crippen LogP contribution in [0.3, 0.4) is 0 Å². The second-order valence-electron chi connectivity index (χ2n) is 1.42. The minimum absolute atomic E-state index is 0. The molecule has 0 bridgehead atoms. The van der Waals surface area contributed by atoms with Crippen LogP contribution >= 0.6 is 7.82 Å². The summed E-state index contributed by atoms with van der Waals surface area (Å²) in [4.78, 5) is 34.1. The van der Waals surface area contributed by atoms with Crippen LogP contribution in [0.4, 0.5) is 4.79 Å². The van der Waals surface area contributed by atoms with Crippen molar-refractivity contribution in [3.05, 3.63) is 0 Å². The normalized spacial score (nSPS) is 13.6. The number of hydrogen-bond acceptors (Lipinski definition) is 6. The van der Waals surface area contributed by atoms with Crippen LogP contribution < -0.4 is 47.5 Å². The Morgan fingerprint density at radius 1 is 1.23 bits per heavy atom. The number of cyclic esters (lactones) is 2. The fourth-order valence-corrected chi connectivity index (χ4v) is 0.292. The van der Waals surface area contributed by atoms with Gasteiger partial charge < -0.3 is 28.7 Å². The standard InChI is InChI=1S/C3H4O3.2Li.H3O4P/c4-3-5-1-2-6-3;;;1-5(2,3)4/h1-2H2;;;(H3,1,2,3,4)/q;2*+1;/p-2. The summed E-state index contributed by atoms with van der Waals surface area (Å²) in [5, 5.41) is 0. The van der Waals surface area contributed by atoms with Gasteiger partial charge in [0, 0.05) is 0 Å². The van der Waals surface area contributed by atoms with Crippen LogP contribution in [0.25, 0.3) is 0 Å². The van der Waals surface area contributed by atoms with Crippen molar-refractivity contribution in [2.45, 2.75) is 0 Å². The van der Waals surface area contributed by atoms with Gasteiger partial charge in [-0.25, -0.2) is 4.79 Å². The van der Waals surface area contributed by atoms with E-state index in [1.165, 1.54) is 0 Å². The Kier molecular flexibility index (Phi) is 13.5. The maximum absolute atomic E-state index is 9.80. The van der Waals surface area contributed by atoms with E-state index in [-0.39, 0.29) is 37.7 Å². The molecule has 1 fully saturated rings.